The number of carbonyl (C=O) groups is 1. The van der Waals surface area contributed by atoms with Crippen molar-refractivity contribution >= 4 is 11.6 Å². The molecule has 0 aliphatic heterocycles. The third kappa shape index (κ3) is 4.27. The molecule has 0 spiro atoms. The molecular formula is C12H15F3N2O. The molecule has 0 heterocycles. The largest absolute Gasteiger partial charge is 0.374 e. The van der Waals surface area contributed by atoms with Crippen molar-refractivity contribution in [1.82, 2.24) is 5.32 Å². The van der Waals surface area contributed by atoms with Gasteiger partial charge in [0.2, 0.25) is 5.91 Å². The highest BCUT2D eigenvalue weighted by atomic mass is 19.2. The summed E-state index contributed by atoms with van der Waals surface area (Å²) in [5.41, 5.74) is -0.368. The van der Waals surface area contributed by atoms with Crippen LogP contribution in [0.15, 0.2) is 12.1 Å². The molecule has 0 fully saturated rings. The zero-order valence-electron chi connectivity index (χ0n) is 10.2. The van der Waals surface area contributed by atoms with Crippen molar-refractivity contribution in [2.24, 2.45) is 5.92 Å². The summed E-state index contributed by atoms with van der Waals surface area (Å²) < 4.78 is 38.9. The number of amides is 1. The van der Waals surface area contributed by atoms with Crippen LogP contribution in [-0.4, -0.2) is 19.0 Å². The molecule has 0 radical (unpaired) electrons. The Hall–Kier alpha value is -1.72. The van der Waals surface area contributed by atoms with Crippen LogP contribution in [0.2, 0.25) is 0 Å². The van der Waals surface area contributed by atoms with Crippen LogP contribution in [0.3, 0.4) is 0 Å². The van der Waals surface area contributed by atoms with Gasteiger partial charge in [0.15, 0.2) is 11.6 Å². The van der Waals surface area contributed by atoms with Crippen LogP contribution in [0.4, 0.5) is 18.9 Å². The fourth-order valence-electron chi connectivity index (χ4n) is 1.24. The van der Waals surface area contributed by atoms with Crippen LogP contribution in [0.25, 0.3) is 0 Å². The Labute approximate surface area is 103 Å². The van der Waals surface area contributed by atoms with Gasteiger partial charge in [-0.05, 0) is 5.92 Å². The lowest BCUT2D eigenvalue weighted by Crippen LogP contribution is -2.32. The number of benzene rings is 1. The van der Waals surface area contributed by atoms with Gasteiger partial charge in [-0.25, -0.2) is 13.2 Å². The zero-order valence-corrected chi connectivity index (χ0v) is 10.2. The van der Waals surface area contributed by atoms with Crippen molar-refractivity contribution in [2.45, 2.75) is 13.8 Å². The summed E-state index contributed by atoms with van der Waals surface area (Å²) in [6.07, 6.45) is 0. The van der Waals surface area contributed by atoms with Crippen molar-refractivity contribution < 1.29 is 18.0 Å². The predicted molar refractivity (Wildman–Crippen MR) is 62.7 cm³/mol. The highest BCUT2D eigenvalue weighted by molar-refractivity contribution is 5.80. The second-order valence-electron chi connectivity index (χ2n) is 4.30. The van der Waals surface area contributed by atoms with Crippen molar-refractivity contribution in [3.8, 4) is 0 Å². The van der Waals surface area contributed by atoms with E-state index >= 15 is 0 Å². The predicted octanol–water partition coefficient (Wildman–Crippen LogP) is 2.29. The molecule has 0 atom stereocenters. The average molecular weight is 260 g/mol. The summed E-state index contributed by atoms with van der Waals surface area (Å²) in [5.74, 6) is -3.47. The molecule has 6 heteroatoms. The standard InChI is InChI=1S/C12H15F3N2O/c1-7(2)5-17-11(18)6-16-10-4-8(13)3-9(14)12(10)15/h3-4,7,16H,5-6H2,1-2H3,(H,17,18). The first-order valence-electron chi connectivity index (χ1n) is 5.55. The van der Waals surface area contributed by atoms with E-state index in [-0.39, 0.29) is 24.1 Å². The third-order valence-electron chi connectivity index (χ3n) is 2.14. The summed E-state index contributed by atoms with van der Waals surface area (Å²) in [4.78, 5) is 11.3. The van der Waals surface area contributed by atoms with Crippen molar-refractivity contribution in [2.75, 3.05) is 18.4 Å². The SMILES string of the molecule is CC(C)CNC(=O)CNc1cc(F)cc(F)c1F. The number of hydrogen-bond donors (Lipinski definition) is 2. The van der Waals surface area contributed by atoms with Crippen LogP contribution in [-0.2, 0) is 4.79 Å². The normalized spacial score (nSPS) is 10.6. The molecule has 100 valence electrons. The summed E-state index contributed by atoms with van der Waals surface area (Å²) in [7, 11) is 0. The van der Waals surface area contributed by atoms with E-state index in [1.165, 1.54) is 0 Å². The molecule has 0 unspecified atom stereocenters. The van der Waals surface area contributed by atoms with E-state index in [4.69, 9.17) is 0 Å². The third-order valence-corrected chi connectivity index (χ3v) is 2.14. The molecule has 0 aliphatic carbocycles. The quantitative estimate of drug-likeness (QED) is 0.797. The Morgan fingerprint density at radius 1 is 1.28 bits per heavy atom. The maximum absolute atomic E-state index is 13.2. The first-order chi connectivity index (χ1) is 8.40. The van der Waals surface area contributed by atoms with E-state index in [0.717, 1.165) is 6.07 Å². The van der Waals surface area contributed by atoms with Gasteiger partial charge in [0, 0.05) is 18.7 Å². The Morgan fingerprint density at radius 3 is 2.56 bits per heavy atom. The minimum Gasteiger partial charge on any atom is -0.374 e. The molecule has 1 amide bonds. The maximum Gasteiger partial charge on any atom is 0.239 e. The lowest BCUT2D eigenvalue weighted by atomic mass is 10.2. The highest BCUT2D eigenvalue weighted by Gasteiger charge is 2.11. The zero-order chi connectivity index (χ0) is 13.7. The Kier molecular flexibility index (Phi) is 5.00. The number of carbonyl (C=O) groups excluding carboxylic acids is 1. The summed E-state index contributed by atoms with van der Waals surface area (Å²) in [6.45, 7) is 4.09. The van der Waals surface area contributed by atoms with Crippen LogP contribution >= 0.6 is 0 Å². The average Bonchev–Trinajstić information content (AvgIpc) is 2.29. The number of nitrogens with one attached hydrogen (secondary N) is 2. The monoisotopic (exact) mass is 260 g/mol. The van der Waals surface area contributed by atoms with Gasteiger partial charge in [0.05, 0.1) is 12.2 Å². The van der Waals surface area contributed by atoms with E-state index < -0.39 is 17.5 Å². The molecular weight excluding hydrogens is 245 g/mol. The van der Waals surface area contributed by atoms with Crippen LogP contribution < -0.4 is 10.6 Å². The summed E-state index contributed by atoms with van der Waals surface area (Å²) >= 11 is 0. The Morgan fingerprint density at radius 2 is 1.94 bits per heavy atom. The Bertz CT molecular complexity index is 436. The number of rotatable bonds is 5. The van der Waals surface area contributed by atoms with E-state index in [9.17, 15) is 18.0 Å². The van der Waals surface area contributed by atoms with Gasteiger partial charge in [-0.2, -0.15) is 0 Å². The topological polar surface area (TPSA) is 41.1 Å². The van der Waals surface area contributed by atoms with Gasteiger partial charge in [-0.1, -0.05) is 13.8 Å². The fourth-order valence-corrected chi connectivity index (χ4v) is 1.24. The van der Waals surface area contributed by atoms with Crippen LogP contribution in [0.1, 0.15) is 13.8 Å². The lowest BCUT2D eigenvalue weighted by molar-refractivity contribution is -0.119. The van der Waals surface area contributed by atoms with Gasteiger partial charge in [0.25, 0.3) is 0 Å². The number of anilines is 1. The second-order valence-corrected chi connectivity index (χ2v) is 4.30. The molecule has 0 aliphatic rings. The van der Waals surface area contributed by atoms with Gasteiger partial charge >= 0.3 is 0 Å². The second kappa shape index (κ2) is 6.28. The van der Waals surface area contributed by atoms with Gasteiger partial charge in [-0.3, -0.25) is 4.79 Å². The van der Waals surface area contributed by atoms with E-state index in [2.05, 4.69) is 10.6 Å². The molecule has 3 nitrogen and oxygen atoms in total. The van der Waals surface area contributed by atoms with Crippen molar-refractivity contribution in [1.29, 1.82) is 0 Å². The first kappa shape index (κ1) is 14.3. The minimum atomic E-state index is -1.29. The van der Waals surface area contributed by atoms with E-state index in [1.54, 1.807) is 0 Å². The number of hydrogen-bond acceptors (Lipinski definition) is 2. The molecule has 0 saturated heterocycles. The molecule has 0 saturated carbocycles. The first-order valence-corrected chi connectivity index (χ1v) is 5.55. The molecule has 2 N–H and O–H groups in total. The lowest BCUT2D eigenvalue weighted by Gasteiger charge is -2.10. The van der Waals surface area contributed by atoms with Crippen molar-refractivity contribution in [3.05, 3.63) is 29.6 Å². The van der Waals surface area contributed by atoms with Crippen molar-refractivity contribution in [3.63, 3.8) is 0 Å². The minimum absolute atomic E-state index is 0.244. The summed E-state index contributed by atoms with van der Waals surface area (Å²) in [6, 6.07) is 1.24. The van der Waals surface area contributed by atoms with E-state index in [0.29, 0.717) is 12.6 Å². The molecule has 0 bridgehead atoms. The van der Waals surface area contributed by atoms with Gasteiger partial charge < -0.3 is 10.6 Å². The van der Waals surface area contributed by atoms with Gasteiger partial charge in [-0.15, -0.1) is 0 Å². The molecule has 0 aromatic heterocycles. The van der Waals surface area contributed by atoms with E-state index in [1.807, 2.05) is 13.8 Å². The Balaban J connectivity index is 2.56. The molecule has 18 heavy (non-hydrogen) atoms. The maximum atomic E-state index is 13.2. The van der Waals surface area contributed by atoms with Gasteiger partial charge in [0.1, 0.15) is 5.82 Å². The number of halogens is 3. The summed E-state index contributed by atoms with van der Waals surface area (Å²) in [5, 5.41) is 4.94. The van der Waals surface area contributed by atoms with Crippen LogP contribution in [0, 0.1) is 23.4 Å². The van der Waals surface area contributed by atoms with Crippen LogP contribution in [0.5, 0.6) is 0 Å². The molecule has 1 aromatic rings. The highest BCUT2D eigenvalue weighted by Crippen LogP contribution is 2.18. The molecule has 1 rings (SSSR count). The fraction of sp³-hybridized carbons (Fsp3) is 0.417. The smallest absolute Gasteiger partial charge is 0.239 e. The molecule has 1 aromatic carbocycles.